The molecule has 0 aromatic heterocycles. The first-order valence-corrected chi connectivity index (χ1v) is 10.3. The molecule has 1 fully saturated rings. The van der Waals surface area contributed by atoms with Crippen molar-refractivity contribution in [2.45, 2.75) is 20.8 Å². The third-order valence-electron chi connectivity index (χ3n) is 4.45. The second-order valence-corrected chi connectivity index (χ2v) is 7.31. The zero-order valence-electron chi connectivity index (χ0n) is 17.6. The third kappa shape index (κ3) is 5.82. The Morgan fingerprint density at radius 2 is 1.52 bits per heavy atom. The van der Waals surface area contributed by atoms with Crippen LogP contribution in [0.5, 0.6) is 17.2 Å². The third-order valence-corrected chi connectivity index (χ3v) is 4.66. The molecule has 8 heteroatoms. The number of aryl methyl sites for hydroxylation is 2. The van der Waals surface area contributed by atoms with Gasteiger partial charge in [-0.3, -0.25) is 20.2 Å². The average molecular weight is 441 g/mol. The summed E-state index contributed by atoms with van der Waals surface area (Å²) in [4.78, 5) is 24.1. The highest BCUT2D eigenvalue weighted by Gasteiger charge is 2.25. The first-order valence-electron chi connectivity index (χ1n) is 9.85. The monoisotopic (exact) mass is 440 g/mol. The van der Waals surface area contributed by atoms with E-state index in [0.717, 1.165) is 11.3 Å². The van der Waals surface area contributed by atoms with Crippen molar-refractivity contribution in [3.63, 3.8) is 0 Å². The molecule has 1 heterocycles. The molecule has 0 radical (unpaired) electrons. The molecule has 1 saturated heterocycles. The highest BCUT2D eigenvalue weighted by atomic mass is 32.1. The minimum absolute atomic E-state index is 0.00560. The van der Waals surface area contributed by atoms with E-state index in [0.29, 0.717) is 36.9 Å². The molecular formula is C23H24N2O5S. The van der Waals surface area contributed by atoms with Crippen LogP contribution in [0.25, 0.3) is 6.08 Å². The van der Waals surface area contributed by atoms with E-state index in [1.807, 2.05) is 32.9 Å². The summed E-state index contributed by atoms with van der Waals surface area (Å²) >= 11 is 4.81. The maximum absolute atomic E-state index is 12.0. The predicted octanol–water partition coefficient (Wildman–Crippen LogP) is 3.07. The van der Waals surface area contributed by atoms with Gasteiger partial charge in [-0.05, 0) is 68.4 Å². The zero-order valence-corrected chi connectivity index (χ0v) is 18.4. The minimum atomic E-state index is -0.546. The summed E-state index contributed by atoms with van der Waals surface area (Å²) in [6, 6.07) is 11.2. The second kappa shape index (κ2) is 10.1. The molecule has 0 unspecified atom stereocenters. The molecule has 1 aliphatic rings. The lowest BCUT2D eigenvalue weighted by molar-refractivity contribution is -0.123. The van der Waals surface area contributed by atoms with Gasteiger partial charge in [0.15, 0.2) is 16.6 Å². The van der Waals surface area contributed by atoms with Crippen LogP contribution in [0.4, 0.5) is 0 Å². The van der Waals surface area contributed by atoms with Crippen LogP contribution in [0.3, 0.4) is 0 Å². The summed E-state index contributed by atoms with van der Waals surface area (Å²) in [6.45, 7) is 7.05. The van der Waals surface area contributed by atoms with Gasteiger partial charge in [0.1, 0.15) is 24.5 Å². The summed E-state index contributed by atoms with van der Waals surface area (Å²) in [5, 5.41) is 4.81. The van der Waals surface area contributed by atoms with E-state index in [1.54, 1.807) is 18.2 Å². The second-order valence-electron chi connectivity index (χ2n) is 6.90. The maximum atomic E-state index is 12.0. The highest BCUT2D eigenvalue weighted by Crippen LogP contribution is 2.29. The largest absolute Gasteiger partial charge is 0.490 e. The van der Waals surface area contributed by atoms with Crippen LogP contribution < -0.4 is 24.8 Å². The molecule has 2 aromatic carbocycles. The van der Waals surface area contributed by atoms with Crippen LogP contribution in [-0.4, -0.2) is 36.7 Å². The number of hydrogen-bond donors (Lipinski definition) is 2. The molecule has 2 amide bonds. The van der Waals surface area contributed by atoms with Crippen molar-refractivity contribution >= 4 is 35.2 Å². The average Bonchev–Trinajstić information content (AvgIpc) is 2.71. The molecule has 0 aliphatic carbocycles. The molecule has 0 atom stereocenters. The number of nitrogens with one attached hydrogen (secondary N) is 2. The SMILES string of the molecule is CCOc1cc(C=C2C(=O)NC(=S)NC2=O)ccc1OCCOc1ccc(C)cc1C. The fourth-order valence-electron chi connectivity index (χ4n) is 3.04. The Bertz CT molecular complexity index is 1030. The summed E-state index contributed by atoms with van der Waals surface area (Å²) in [7, 11) is 0. The molecule has 3 rings (SSSR count). The van der Waals surface area contributed by atoms with E-state index < -0.39 is 11.8 Å². The smallest absolute Gasteiger partial charge is 0.263 e. The lowest BCUT2D eigenvalue weighted by Crippen LogP contribution is -2.51. The van der Waals surface area contributed by atoms with Gasteiger partial charge < -0.3 is 14.2 Å². The number of benzene rings is 2. The molecule has 0 spiro atoms. The van der Waals surface area contributed by atoms with Gasteiger partial charge in [-0.2, -0.15) is 0 Å². The van der Waals surface area contributed by atoms with Gasteiger partial charge in [-0.25, -0.2) is 0 Å². The van der Waals surface area contributed by atoms with Crippen molar-refractivity contribution in [3.05, 3.63) is 58.7 Å². The standard InChI is InChI=1S/C23H24N2O5S/c1-4-28-20-13-16(12-17-21(26)24-23(31)25-22(17)27)6-8-19(20)30-10-9-29-18-7-5-14(2)11-15(18)3/h5-8,11-13H,4,9-10H2,1-3H3,(H2,24,25,26,27,31). The number of carbonyl (C=O) groups excluding carboxylic acids is 2. The van der Waals surface area contributed by atoms with Gasteiger partial charge in [0.2, 0.25) is 0 Å². The van der Waals surface area contributed by atoms with Crippen LogP contribution >= 0.6 is 12.2 Å². The van der Waals surface area contributed by atoms with E-state index in [9.17, 15) is 9.59 Å². The zero-order chi connectivity index (χ0) is 22.4. The minimum Gasteiger partial charge on any atom is -0.490 e. The van der Waals surface area contributed by atoms with Gasteiger partial charge in [0, 0.05) is 0 Å². The number of thiocarbonyl (C=S) groups is 1. The normalized spacial score (nSPS) is 13.4. The Hall–Kier alpha value is -3.39. The van der Waals surface area contributed by atoms with Gasteiger partial charge in [-0.15, -0.1) is 0 Å². The van der Waals surface area contributed by atoms with E-state index in [2.05, 4.69) is 16.7 Å². The highest BCUT2D eigenvalue weighted by molar-refractivity contribution is 7.80. The molecule has 162 valence electrons. The van der Waals surface area contributed by atoms with E-state index in [1.165, 1.54) is 11.6 Å². The fraction of sp³-hybridized carbons (Fsp3) is 0.261. The van der Waals surface area contributed by atoms with Gasteiger partial charge in [-0.1, -0.05) is 23.8 Å². The Kier molecular flexibility index (Phi) is 7.25. The summed E-state index contributed by atoms with van der Waals surface area (Å²) in [5.74, 6) is 0.790. The Labute approximate surface area is 186 Å². The van der Waals surface area contributed by atoms with Gasteiger partial charge in [0.05, 0.1) is 6.61 Å². The molecule has 2 N–H and O–H groups in total. The summed E-state index contributed by atoms with van der Waals surface area (Å²) in [6.07, 6.45) is 1.47. The van der Waals surface area contributed by atoms with Crippen molar-refractivity contribution in [1.82, 2.24) is 10.6 Å². The predicted molar refractivity (Wildman–Crippen MR) is 121 cm³/mol. The molecule has 0 saturated carbocycles. The maximum Gasteiger partial charge on any atom is 0.263 e. The van der Waals surface area contributed by atoms with Crippen LogP contribution in [0.1, 0.15) is 23.6 Å². The first kappa shape index (κ1) is 22.3. The van der Waals surface area contributed by atoms with Crippen LogP contribution in [0.2, 0.25) is 0 Å². The van der Waals surface area contributed by atoms with Gasteiger partial charge in [0.25, 0.3) is 11.8 Å². The summed E-state index contributed by atoms with van der Waals surface area (Å²) in [5.41, 5.74) is 2.84. The van der Waals surface area contributed by atoms with Crippen molar-refractivity contribution < 1.29 is 23.8 Å². The molecule has 2 aromatic rings. The Morgan fingerprint density at radius 3 is 2.16 bits per heavy atom. The van der Waals surface area contributed by atoms with Crippen molar-refractivity contribution in [3.8, 4) is 17.2 Å². The lowest BCUT2D eigenvalue weighted by atomic mass is 10.1. The molecule has 1 aliphatic heterocycles. The first-order chi connectivity index (χ1) is 14.9. The number of hydrogen-bond acceptors (Lipinski definition) is 6. The Balaban J connectivity index is 1.67. The van der Waals surface area contributed by atoms with Crippen LogP contribution in [-0.2, 0) is 9.59 Å². The topological polar surface area (TPSA) is 85.9 Å². The lowest BCUT2D eigenvalue weighted by Gasteiger charge is -2.17. The van der Waals surface area contributed by atoms with E-state index in [4.69, 9.17) is 26.4 Å². The van der Waals surface area contributed by atoms with Crippen molar-refractivity contribution in [1.29, 1.82) is 0 Å². The van der Waals surface area contributed by atoms with Crippen LogP contribution in [0, 0.1) is 13.8 Å². The summed E-state index contributed by atoms with van der Waals surface area (Å²) < 4.78 is 17.3. The van der Waals surface area contributed by atoms with Crippen molar-refractivity contribution in [2.75, 3.05) is 19.8 Å². The van der Waals surface area contributed by atoms with Crippen LogP contribution in [0.15, 0.2) is 42.0 Å². The fourth-order valence-corrected chi connectivity index (χ4v) is 3.22. The molecular weight excluding hydrogens is 416 g/mol. The molecule has 7 nitrogen and oxygen atoms in total. The van der Waals surface area contributed by atoms with E-state index >= 15 is 0 Å². The number of amides is 2. The molecule has 0 bridgehead atoms. The van der Waals surface area contributed by atoms with E-state index in [-0.39, 0.29) is 10.7 Å². The quantitative estimate of drug-likeness (QED) is 0.284. The number of ether oxygens (including phenoxy) is 3. The van der Waals surface area contributed by atoms with Gasteiger partial charge >= 0.3 is 0 Å². The molecule has 31 heavy (non-hydrogen) atoms. The number of rotatable bonds is 8. The van der Waals surface area contributed by atoms with Crippen molar-refractivity contribution in [2.24, 2.45) is 0 Å². The number of carbonyl (C=O) groups is 2. The Morgan fingerprint density at radius 1 is 0.871 bits per heavy atom.